The van der Waals surface area contributed by atoms with Crippen LogP contribution in [0.25, 0.3) is 98.4 Å². The molecule has 0 aliphatic carbocycles. The Bertz CT molecular complexity index is 2870. The third kappa shape index (κ3) is 4.69. The van der Waals surface area contributed by atoms with Gasteiger partial charge in [-0.25, -0.2) is 0 Å². The van der Waals surface area contributed by atoms with Crippen LogP contribution in [0, 0.1) is 0 Å². The highest BCUT2D eigenvalue weighted by Crippen LogP contribution is 2.45. The van der Waals surface area contributed by atoms with Crippen molar-refractivity contribution in [1.82, 2.24) is 0 Å². The summed E-state index contributed by atoms with van der Waals surface area (Å²) < 4.78 is 0. The van der Waals surface area contributed by atoms with E-state index in [0.717, 1.165) is 0 Å². The van der Waals surface area contributed by atoms with E-state index in [-0.39, 0.29) is 0 Å². The Labute approximate surface area is 291 Å². The summed E-state index contributed by atoms with van der Waals surface area (Å²) >= 11 is 0. The van der Waals surface area contributed by atoms with Crippen LogP contribution in [0.1, 0.15) is 0 Å². The number of rotatable bonds is 4. The second-order valence-electron chi connectivity index (χ2n) is 13.3. The van der Waals surface area contributed by atoms with Crippen molar-refractivity contribution in [3.05, 3.63) is 194 Å². The van der Waals surface area contributed by atoms with Crippen molar-refractivity contribution in [2.24, 2.45) is 0 Å². The molecule has 0 aliphatic rings. The molecule has 0 aromatic heterocycles. The van der Waals surface area contributed by atoms with E-state index in [2.05, 4.69) is 194 Å². The maximum atomic E-state index is 2.38. The van der Waals surface area contributed by atoms with Crippen LogP contribution in [-0.2, 0) is 0 Å². The highest BCUT2D eigenvalue weighted by atomic mass is 14.2. The van der Waals surface area contributed by atoms with Crippen molar-refractivity contribution in [2.45, 2.75) is 0 Å². The lowest BCUT2D eigenvalue weighted by atomic mass is 9.85. The Hall–Kier alpha value is -6.50. The maximum absolute atomic E-state index is 2.38. The summed E-state index contributed by atoms with van der Waals surface area (Å²) in [7, 11) is 0. The molecule has 50 heavy (non-hydrogen) atoms. The molecule has 0 nitrogen and oxygen atoms in total. The summed E-state index contributed by atoms with van der Waals surface area (Å²) in [4.78, 5) is 0. The fourth-order valence-corrected chi connectivity index (χ4v) is 8.01. The molecule has 0 saturated carbocycles. The Morgan fingerprint density at radius 1 is 0.200 bits per heavy atom. The van der Waals surface area contributed by atoms with Crippen molar-refractivity contribution in [2.75, 3.05) is 0 Å². The van der Waals surface area contributed by atoms with Gasteiger partial charge in [-0.3, -0.25) is 0 Å². The van der Waals surface area contributed by atoms with Crippen LogP contribution in [0.2, 0.25) is 0 Å². The van der Waals surface area contributed by atoms with Gasteiger partial charge in [0.15, 0.2) is 0 Å². The molecule has 0 unspecified atom stereocenters. The van der Waals surface area contributed by atoms with Gasteiger partial charge in [-0.15, -0.1) is 0 Å². The highest BCUT2D eigenvalue weighted by molar-refractivity contribution is 6.22. The second kappa shape index (κ2) is 11.6. The van der Waals surface area contributed by atoms with Gasteiger partial charge in [-0.05, 0) is 123 Å². The van der Waals surface area contributed by atoms with E-state index in [1.165, 1.54) is 98.4 Å². The minimum Gasteiger partial charge on any atom is -0.0616 e. The van der Waals surface area contributed by atoms with Gasteiger partial charge in [0.25, 0.3) is 0 Å². The van der Waals surface area contributed by atoms with Crippen molar-refractivity contribution < 1.29 is 0 Å². The molecule has 10 rings (SSSR count). The quantitative estimate of drug-likeness (QED) is 0.169. The predicted molar refractivity (Wildman–Crippen MR) is 216 cm³/mol. The molecule has 232 valence electrons. The van der Waals surface area contributed by atoms with Gasteiger partial charge in [0.2, 0.25) is 0 Å². The normalized spacial score (nSPS) is 11.6. The SMILES string of the molecule is c1cc(-c2ccc3cccc(-c4ccc5ccccc5c4)c3c2)cc(-c2c3ccccc3c(-c3ccc4ccccc4c3)c3ccccc23)c1. The zero-order chi connectivity index (χ0) is 33.0. The van der Waals surface area contributed by atoms with E-state index in [0.29, 0.717) is 0 Å². The fourth-order valence-electron chi connectivity index (χ4n) is 8.01. The van der Waals surface area contributed by atoms with Crippen molar-refractivity contribution in [3.63, 3.8) is 0 Å². The molecule has 0 spiro atoms. The molecule has 0 saturated heterocycles. The molecular formula is C50H32. The second-order valence-corrected chi connectivity index (χ2v) is 13.3. The molecule has 0 aliphatic heterocycles. The minimum absolute atomic E-state index is 1.21. The first-order valence-electron chi connectivity index (χ1n) is 17.3. The molecule has 0 radical (unpaired) electrons. The van der Waals surface area contributed by atoms with Gasteiger partial charge in [-0.2, -0.15) is 0 Å². The fraction of sp³-hybridized carbons (Fsp3) is 0. The Morgan fingerprint density at radius 3 is 1.26 bits per heavy atom. The minimum atomic E-state index is 1.21. The largest absolute Gasteiger partial charge is 0.0616 e. The topological polar surface area (TPSA) is 0 Å². The smallest absolute Gasteiger partial charge is 0.00262 e. The van der Waals surface area contributed by atoms with Crippen LogP contribution >= 0.6 is 0 Å². The molecule has 0 atom stereocenters. The summed E-state index contributed by atoms with van der Waals surface area (Å²) in [6, 6.07) is 71.4. The summed E-state index contributed by atoms with van der Waals surface area (Å²) in [5, 5.41) is 12.6. The van der Waals surface area contributed by atoms with Crippen molar-refractivity contribution >= 4 is 53.9 Å². The van der Waals surface area contributed by atoms with Gasteiger partial charge in [0.05, 0.1) is 0 Å². The Morgan fingerprint density at radius 2 is 0.620 bits per heavy atom. The van der Waals surface area contributed by atoms with Gasteiger partial charge in [-0.1, -0.05) is 170 Å². The third-order valence-electron chi connectivity index (χ3n) is 10.4. The van der Waals surface area contributed by atoms with Crippen LogP contribution in [0.15, 0.2) is 194 Å². The number of hydrogen-bond acceptors (Lipinski definition) is 0. The van der Waals surface area contributed by atoms with E-state index in [4.69, 9.17) is 0 Å². The molecule has 10 aromatic carbocycles. The van der Waals surface area contributed by atoms with Crippen molar-refractivity contribution in [1.29, 1.82) is 0 Å². The maximum Gasteiger partial charge on any atom is -0.00262 e. The van der Waals surface area contributed by atoms with Crippen LogP contribution in [-0.4, -0.2) is 0 Å². The monoisotopic (exact) mass is 632 g/mol. The summed E-state index contributed by atoms with van der Waals surface area (Å²) in [5.74, 6) is 0. The number of benzene rings is 10. The molecule has 0 heteroatoms. The first-order chi connectivity index (χ1) is 24.8. The van der Waals surface area contributed by atoms with Crippen LogP contribution in [0.3, 0.4) is 0 Å². The first kappa shape index (κ1) is 28.5. The van der Waals surface area contributed by atoms with Gasteiger partial charge in [0, 0.05) is 0 Å². The van der Waals surface area contributed by atoms with Crippen LogP contribution < -0.4 is 0 Å². The summed E-state index contributed by atoms with van der Waals surface area (Å²) in [6.45, 7) is 0. The lowest BCUT2D eigenvalue weighted by molar-refractivity contribution is 1.62. The zero-order valence-corrected chi connectivity index (χ0v) is 27.5. The Balaban J connectivity index is 1.15. The standard InChI is InChI=1S/C50H32/c1-3-13-36-29-40(27-23-33(36)11-1)43-22-10-15-35-25-26-39(32-48(35)43)38-16-9-17-41(31-38)49-44-18-5-7-20-46(44)50(47-21-8-6-19-45(47)49)42-28-24-34-12-2-4-14-37(34)30-42/h1-32H. The van der Waals surface area contributed by atoms with Gasteiger partial charge in [0.1, 0.15) is 0 Å². The molecule has 0 heterocycles. The zero-order valence-electron chi connectivity index (χ0n) is 27.5. The summed E-state index contributed by atoms with van der Waals surface area (Å²) in [5.41, 5.74) is 9.96. The molecule has 0 fully saturated rings. The van der Waals surface area contributed by atoms with Gasteiger partial charge < -0.3 is 0 Å². The van der Waals surface area contributed by atoms with E-state index in [1.807, 2.05) is 0 Å². The average Bonchev–Trinajstić information content (AvgIpc) is 3.19. The summed E-state index contributed by atoms with van der Waals surface area (Å²) in [6.07, 6.45) is 0. The highest BCUT2D eigenvalue weighted by Gasteiger charge is 2.17. The lowest BCUT2D eigenvalue weighted by Gasteiger charge is -2.18. The number of fused-ring (bicyclic) bond motifs is 5. The molecule has 0 bridgehead atoms. The van der Waals surface area contributed by atoms with Crippen LogP contribution in [0.4, 0.5) is 0 Å². The Kier molecular flexibility index (Phi) is 6.60. The van der Waals surface area contributed by atoms with Crippen LogP contribution in [0.5, 0.6) is 0 Å². The van der Waals surface area contributed by atoms with E-state index in [9.17, 15) is 0 Å². The predicted octanol–water partition coefficient (Wildman–Crippen LogP) is 14.1. The first-order valence-corrected chi connectivity index (χ1v) is 17.3. The molecule has 10 aromatic rings. The molecule has 0 amide bonds. The van der Waals surface area contributed by atoms with E-state index in [1.54, 1.807) is 0 Å². The number of hydrogen-bond donors (Lipinski definition) is 0. The molecule has 0 N–H and O–H groups in total. The van der Waals surface area contributed by atoms with E-state index >= 15 is 0 Å². The van der Waals surface area contributed by atoms with E-state index < -0.39 is 0 Å². The van der Waals surface area contributed by atoms with Gasteiger partial charge >= 0.3 is 0 Å². The lowest BCUT2D eigenvalue weighted by Crippen LogP contribution is -1.91. The molecular weight excluding hydrogens is 601 g/mol. The third-order valence-corrected chi connectivity index (χ3v) is 10.4. The average molecular weight is 633 g/mol. The van der Waals surface area contributed by atoms with Crippen molar-refractivity contribution in [3.8, 4) is 44.5 Å².